The fourth-order valence-electron chi connectivity index (χ4n) is 5.28. The number of morpholine rings is 1. The smallest absolute Gasteiger partial charge is 0.254 e. The maximum atomic E-state index is 13.1. The average Bonchev–Trinajstić information content (AvgIpc) is 3.64. The number of carbonyl (C=O) groups is 2. The van der Waals surface area contributed by atoms with Crippen LogP contribution in [0.1, 0.15) is 39.1 Å². The Balaban J connectivity index is 1.32. The van der Waals surface area contributed by atoms with Gasteiger partial charge in [0.2, 0.25) is 5.95 Å². The van der Waals surface area contributed by atoms with Gasteiger partial charge in [-0.2, -0.15) is 0 Å². The summed E-state index contributed by atoms with van der Waals surface area (Å²) in [4.78, 5) is 40.8. The van der Waals surface area contributed by atoms with Gasteiger partial charge >= 0.3 is 0 Å². The molecule has 0 radical (unpaired) electrons. The minimum absolute atomic E-state index is 0.0382. The number of hydrogen-bond acceptors (Lipinski definition) is 6. The van der Waals surface area contributed by atoms with Gasteiger partial charge in [-0.05, 0) is 42.2 Å². The number of benzene rings is 2. The van der Waals surface area contributed by atoms with Crippen molar-refractivity contribution < 1.29 is 14.3 Å². The molecule has 36 heavy (non-hydrogen) atoms. The first-order valence-electron chi connectivity index (χ1n) is 12.4. The number of aromatic nitrogens is 2. The molecule has 0 bridgehead atoms. The number of anilines is 2. The summed E-state index contributed by atoms with van der Waals surface area (Å²) in [7, 11) is 3.49. The molecule has 3 aromatic rings. The maximum Gasteiger partial charge on any atom is 0.254 e. The van der Waals surface area contributed by atoms with Crippen LogP contribution < -0.4 is 4.90 Å². The second-order valence-corrected chi connectivity index (χ2v) is 10.0. The molecule has 1 aromatic heterocycles. The molecule has 3 heterocycles. The van der Waals surface area contributed by atoms with Gasteiger partial charge in [0, 0.05) is 73.9 Å². The van der Waals surface area contributed by atoms with E-state index in [9.17, 15) is 9.59 Å². The lowest BCUT2D eigenvalue weighted by Gasteiger charge is -2.27. The van der Waals surface area contributed by atoms with Gasteiger partial charge in [0.1, 0.15) is 0 Å². The van der Waals surface area contributed by atoms with E-state index in [-0.39, 0.29) is 17.2 Å². The van der Waals surface area contributed by atoms with Crippen LogP contribution in [0.15, 0.2) is 54.9 Å². The monoisotopic (exact) mass is 483 g/mol. The van der Waals surface area contributed by atoms with E-state index in [1.165, 1.54) is 5.56 Å². The fourth-order valence-corrected chi connectivity index (χ4v) is 5.28. The molecule has 2 amide bonds. The molecule has 2 aromatic carbocycles. The van der Waals surface area contributed by atoms with E-state index in [0.717, 1.165) is 36.2 Å². The van der Waals surface area contributed by atoms with E-state index in [1.54, 1.807) is 31.4 Å². The fraction of sp³-hybridized carbons (Fsp3) is 0.357. The van der Waals surface area contributed by atoms with Crippen LogP contribution in [0.5, 0.6) is 0 Å². The van der Waals surface area contributed by atoms with Crippen LogP contribution in [0, 0.1) is 0 Å². The third-order valence-corrected chi connectivity index (χ3v) is 7.47. The molecule has 184 valence electrons. The molecule has 1 saturated carbocycles. The van der Waals surface area contributed by atoms with Gasteiger partial charge in [-0.1, -0.05) is 24.3 Å². The zero-order valence-electron chi connectivity index (χ0n) is 20.6. The van der Waals surface area contributed by atoms with Crippen molar-refractivity contribution in [3.63, 3.8) is 0 Å². The maximum absolute atomic E-state index is 13.1. The molecule has 2 fully saturated rings. The normalized spacial score (nSPS) is 17.7. The minimum atomic E-state index is -0.0590. The van der Waals surface area contributed by atoms with Crippen molar-refractivity contribution in [2.75, 3.05) is 51.8 Å². The summed E-state index contributed by atoms with van der Waals surface area (Å²) >= 11 is 0. The van der Waals surface area contributed by atoms with Gasteiger partial charge < -0.3 is 19.4 Å². The third kappa shape index (κ3) is 3.82. The Morgan fingerprint density at radius 2 is 1.72 bits per heavy atom. The molecule has 1 saturated heterocycles. The summed E-state index contributed by atoms with van der Waals surface area (Å²) in [5.74, 6) is 0.587. The van der Waals surface area contributed by atoms with Crippen LogP contribution in [0.2, 0.25) is 0 Å². The molecule has 0 unspecified atom stereocenters. The van der Waals surface area contributed by atoms with Gasteiger partial charge in [-0.15, -0.1) is 0 Å². The van der Waals surface area contributed by atoms with Crippen LogP contribution in [-0.2, 0) is 10.2 Å². The molecule has 1 aliphatic carbocycles. The van der Waals surface area contributed by atoms with Crippen LogP contribution in [-0.4, -0.2) is 78.5 Å². The molecule has 6 rings (SSSR count). The molecule has 0 N–H and O–H groups in total. The van der Waals surface area contributed by atoms with Crippen molar-refractivity contribution in [1.82, 2.24) is 19.8 Å². The average molecular weight is 484 g/mol. The molecule has 3 aliphatic rings. The van der Waals surface area contributed by atoms with Crippen molar-refractivity contribution in [2.45, 2.75) is 18.3 Å². The first kappa shape index (κ1) is 22.7. The van der Waals surface area contributed by atoms with E-state index >= 15 is 0 Å². The Morgan fingerprint density at radius 3 is 2.42 bits per heavy atom. The van der Waals surface area contributed by atoms with Gasteiger partial charge in [0.15, 0.2) is 0 Å². The number of amides is 2. The lowest BCUT2D eigenvalue weighted by Crippen LogP contribution is -2.40. The third-order valence-electron chi connectivity index (χ3n) is 7.47. The van der Waals surface area contributed by atoms with Crippen molar-refractivity contribution in [3.05, 3.63) is 71.5 Å². The van der Waals surface area contributed by atoms with E-state index in [0.29, 0.717) is 43.4 Å². The van der Waals surface area contributed by atoms with Gasteiger partial charge in [-0.25, -0.2) is 9.97 Å². The summed E-state index contributed by atoms with van der Waals surface area (Å²) in [5.41, 5.74) is 5.32. The highest BCUT2D eigenvalue weighted by atomic mass is 16.5. The largest absolute Gasteiger partial charge is 0.378 e. The second kappa shape index (κ2) is 8.71. The lowest BCUT2D eigenvalue weighted by atomic mass is 9.97. The molecule has 8 heteroatoms. The summed E-state index contributed by atoms with van der Waals surface area (Å²) in [6, 6.07) is 13.6. The predicted octanol–water partition coefficient (Wildman–Crippen LogP) is 3.50. The second-order valence-electron chi connectivity index (χ2n) is 10.0. The van der Waals surface area contributed by atoms with Gasteiger partial charge in [0.05, 0.1) is 13.2 Å². The number of ether oxygens (including phenoxy) is 1. The van der Waals surface area contributed by atoms with Crippen molar-refractivity contribution in [3.8, 4) is 11.1 Å². The summed E-state index contributed by atoms with van der Waals surface area (Å²) < 4.78 is 5.40. The summed E-state index contributed by atoms with van der Waals surface area (Å²) in [6.45, 7) is 3.20. The Bertz CT molecular complexity index is 1330. The Kier molecular flexibility index (Phi) is 5.48. The van der Waals surface area contributed by atoms with Crippen LogP contribution in [0.25, 0.3) is 11.1 Å². The van der Waals surface area contributed by atoms with Crippen molar-refractivity contribution in [1.29, 1.82) is 0 Å². The van der Waals surface area contributed by atoms with Crippen LogP contribution in [0.3, 0.4) is 0 Å². The first-order chi connectivity index (χ1) is 17.5. The molecule has 2 aliphatic heterocycles. The number of rotatable bonds is 4. The quantitative estimate of drug-likeness (QED) is 0.565. The molecule has 8 nitrogen and oxygen atoms in total. The number of nitrogens with zero attached hydrogens (tertiary/aromatic N) is 5. The van der Waals surface area contributed by atoms with Gasteiger partial charge in [-0.3, -0.25) is 9.59 Å². The topological polar surface area (TPSA) is 78.9 Å². The highest BCUT2D eigenvalue weighted by molar-refractivity contribution is 6.00. The minimum Gasteiger partial charge on any atom is -0.378 e. The lowest BCUT2D eigenvalue weighted by molar-refractivity contribution is 0.0303. The van der Waals surface area contributed by atoms with Crippen molar-refractivity contribution >= 4 is 23.5 Å². The zero-order chi connectivity index (χ0) is 24.9. The van der Waals surface area contributed by atoms with Gasteiger partial charge in [0.25, 0.3) is 11.8 Å². The van der Waals surface area contributed by atoms with E-state index in [2.05, 4.69) is 11.0 Å². The highest BCUT2D eigenvalue weighted by Gasteiger charge is 2.52. The molecule has 1 spiro atoms. The molecule has 0 atom stereocenters. The SMILES string of the molecule is CN(C)C(=O)c1ccccc1-c1cnc(N2CC3(CC3)c3ccc(C(=O)N4CCOCC4)cc32)nc1. The summed E-state index contributed by atoms with van der Waals surface area (Å²) in [6.07, 6.45) is 5.82. The number of fused-ring (bicyclic) bond motifs is 2. The van der Waals surface area contributed by atoms with E-state index in [4.69, 9.17) is 14.7 Å². The first-order valence-corrected chi connectivity index (χ1v) is 12.4. The highest BCUT2D eigenvalue weighted by Crippen LogP contribution is 2.57. The standard InChI is InChI=1S/C28H29N5O3/c1-31(2)26(35)22-6-4-3-5-21(22)20-16-29-27(30-17-20)33-18-28(9-10-28)23-8-7-19(15-24(23)33)25(34)32-11-13-36-14-12-32/h3-8,15-17H,9-14,18H2,1-2H3. The van der Waals surface area contributed by atoms with Crippen LogP contribution in [0.4, 0.5) is 11.6 Å². The Hall–Kier alpha value is -3.78. The molecular weight excluding hydrogens is 454 g/mol. The zero-order valence-corrected chi connectivity index (χ0v) is 20.6. The number of hydrogen-bond donors (Lipinski definition) is 0. The Labute approximate surface area is 210 Å². The summed E-state index contributed by atoms with van der Waals surface area (Å²) in [5, 5.41) is 0. The van der Waals surface area contributed by atoms with Crippen molar-refractivity contribution in [2.24, 2.45) is 0 Å². The van der Waals surface area contributed by atoms with Crippen LogP contribution >= 0.6 is 0 Å². The molecular formula is C28H29N5O3. The van der Waals surface area contributed by atoms with E-state index in [1.807, 2.05) is 41.3 Å². The number of carbonyl (C=O) groups excluding carboxylic acids is 2. The predicted molar refractivity (Wildman–Crippen MR) is 137 cm³/mol. The van der Waals surface area contributed by atoms with E-state index < -0.39 is 0 Å². The Morgan fingerprint density at radius 1 is 1.00 bits per heavy atom.